The fraction of sp³-hybridized carbons (Fsp3) is 0.312. The number of aromatic nitrogens is 1. The van der Waals surface area contributed by atoms with E-state index >= 15 is 0 Å². The molecule has 0 bridgehead atoms. The summed E-state index contributed by atoms with van der Waals surface area (Å²) in [5.74, 6) is 1.11. The zero-order valence-electron chi connectivity index (χ0n) is 13.5. The van der Waals surface area contributed by atoms with Gasteiger partial charge >= 0.3 is 0 Å². The van der Waals surface area contributed by atoms with Crippen molar-refractivity contribution >= 4 is 31.8 Å². The lowest BCUT2D eigenvalue weighted by molar-refractivity contribution is 0.409. The molecule has 0 aliphatic carbocycles. The second kappa shape index (κ2) is 7.96. The number of ether oxygens (including phenoxy) is 1. The Morgan fingerprint density at radius 3 is 2.75 bits per heavy atom. The molecule has 0 atom stereocenters. The monoisotopic (exact) mass is 413 g/mol. The Kier molecular flexibility index (Phi) is 6.20. The minimum absolute atomic E-state index is 0.0947. The van der Waals surface area contributed by atoms with Gasteiger partial charge in [-0.1, -0.05) is 13.0 Å². The van der Waals surface area contributed by atoms with Gasteiger partial charge in [-0.15, -0.1) is 0 Å². The molecule has 130 valence electrons. The fourth-order valence-corrected chi connectivity index (χ4v) is 3.68. The molecule has 0 aliphatic rings. The van der Waals surface area contributed by atoms with Crippen LogP contribution in [0.1, 0.15) is 18.9 Å². The van der Waals surface area contributed by atoms with Gasteiger partial charge in [0, 0.05) is 28.3 Å². The molecule has 0 aliphatic heterocycles. The van der Waals surface area contributed by atoms with Crippen LogP contribution in [0.25, 0.3) is 11.1 Å². The number of nitrogens with one attached hydrogen (secondary N) is 1. The summed E-state index contributed by atoms with van der Waals surface area (Å²) in [6.45, 7) is 1.98. The van der Waals surface area contributed by atoms with Crippen LogP contribution in [0.15, 0.2) is 34.9 Å². The maximum Gasteiger partial charge on any atom is 0.211 e. The largest absolute Gasteiger partial charge is 0.496 e. The summed E-state index contributed by atoms with van der Waals surface area (Å²) in [5.41, 5.74) is 8.29. The van der Waals surface area contributed by atoms with Crippen molar-refractivity contribution in [2.45, 2.75) is 19.9 Å². The van der Waals surface area contributed by atoms with E-state index in [9.17, 15) is 8.42 Å². The molecule has 24 heavy (non-hydrogen) atoms. The fourth-order valence-electron chi connectivity index (χ4n) is 2.29. The van der Waals surface area contributed by atoms with Gasteiger partial charge in [0.15, 0.2) is 0 Å². The van der Waals surface area contributed by atoms with Gasteiger partial charge in [-0.25, -0.2) is 18.1 Å². The van der Waals surface area contributed by atoms with Crippen LogP contribution in [0.3, 0.4) is 0 Å². The number of hydrogen-bond acceptors (Lipinski definition) is 5. The molecule has 0 amide bonds. The Hall–Kier alpha value is -1.64. The molecule has 1 heterocycles. The van der Waals surface area contributed by atoms with E-state index in [1.54, 1.807) is 19.4 Å². The molecule has 3 N–H and O–H groups in total. The lowest BCUT2D eigenvalue weighted by Crippen LogP contribution is -2.25. The van der Waals surface area contributed by atoms with Crippen LogP contribution in [0, 0.1) is 0 Å². The highest BCUT2D eigenvalue weighted by Crippen LogP contribution is 2.31. The number of pyridine rings is 1. The quantitative estimate of drug-likeness (QED) is 0.727. The normalized spacial score (nSPS) is 11.5. The van der Waals surface area contributed by atoms with Crippen LogP contribution >= 0.6 is 15.9 Å². The van der Waals surface area contributed by atoms with Gasteiger partial charge in [0.1, 0.15) is 11.6 Å². The van der Waals surface area contributed by atoms with Crippen LogP contribution in [-0.4, -0.2) is 26.3 Å². The Labute approximate surface area is 150 Å². The second-order valence-electron chi connectivity index (χ2n) is 5.25. The van der Waals surface area contributed by atoms with Crippen molar-refractivity contribution in [1.82, 2.24) is 9.71 Å². The molecule has 0 saturated carbocycles. The summed E-state index contributed by atoms with van der Waals surface area (Å²) in [5, 5.41) is 0. The third-order valence-electron chi connectivity index (χ3n) is 3.43. The topological polar surface area (TPSA) is 94.3 Å². The van der Waals surface area contributed by atoms with Crippen LogP contribution in [0.4, 0.5) is 5.82 Å². The van der Waals surface area contributed by atoms with Gasteiger partial charge in [-0.3, -0.25) is 0 Å². The molecule has 0 saturated heterocycles. The minimum atomic E-state index is -3.30. The highest BCUT2D eigenvalue weighted by molar-refractivity contribution is 9.10. The smallest absolute Gasteiger partial charge is 0.211 e. The first kappa shape index (κ1) is 18.7. The number of hydrogen-bond donors (Lipinski definition) is 2. The van der Waals surface area contributed by atoms with E-state index in [1.165, 1.54) is 0 Å². The first-order valence-electron chi connectivity index (χ1n) is 7.42. The van der Waals surface area contributed by atoms with Crippen molar-refractivity contribution in [2.75, 3.05) is 18.6 Å². The molecule has 0 unspecified atom stereocenters. The van der Waals surface area contributed by atoms with E-state index in [1.807, 2.05) is 25.1 Å². The highest BCUT2D eigenvalue weighted by atomic mass is 79.9. The van der Waals surface area contributed by atoms with Crippen LogP contribution < -0.4 is 15.2 Å². The van der Waals surface area contributed by atoms with Gasteiger partial charge < -0.3 is 10.5 Å². The summed E-state index contributed by atoms with van der Waals surface area (Å²) >= 11 is 3.38. The number of sulfonamides is 1. The van der Waals surface area contributed by atoms with Gasteiger partial charge in [0.2, 0.25) is 10.0 Å². The third-order valence-corrected chi connectivity index (χ3v) is 5.40. The summed E-state index contributed by atoms with van der Waals surface area (Å²) in [6, 6.07) is 7.38. The van der Waals surface area contributed by atoms with Gasteiger partial charge in [0.05, 0.1) is 12.9 Å². The van der Waals surface area contributed by atoms with Crippen LogP contribution in [0.2, 0.25) is 0 Å². The average molecular weight is 414 g/mol. The Morgan fingerprint density at radius 2 is 2.08 bits per heavy atom. The highest BCUT2D eigenvalue weighted by Gasteiger charge is 2.13. The zero-order valence-corrected chi connectivity index (χ0v) is 15.9. The van der Waals surface area contributed by atoms with Crippen molar-refractivity contribution in [2.24, 2.45) is 0 Å². The van der Waals surface area contributed by atoms with E-state index < -0.39 is 10.0 Å². The van der Waals surface area contributed by atoms with Crippen molar-refractivity contribution in [1.29, 1.82) is 0 Å². The molecule has 0 spiro atoms. The number of methoxy groups -OCH3 is 1. The molecule has 2 aromatic rings. The van der Waals surface area contributed by atoms with Gasteiger partial charge in [-0.05, 0) is 46.1 Å². The Morgan fingerprint density at radius 1 is 1.33 bits per heavy atom. The maximum absolute atomic E-state index is 11.9. The number of benzene rings is 1. The van der Waals surface area contributed by atoms with E-state index in [-0.39, 0.29) is 12.3 Å². The SMILES string of the molecule is CCCS(=O)(=O)NCc1cc(-c2cc(Br)cnc2N)ccc1OC. The van der Waals surface area contributed by atoms with Gasteiger partial charge in [0.25, 0.3) is 0 Å². The van der Waals surface area contributed by atoms with Crippen molar-refractivity contribution < 1.29 is 13.2 Å². The second-order valence-corrected chi connectivity index (χ2v) is 8.10. The lowest BCUT2D eigenvalue weighted by atomic mass is 10.0. The standard InChI is InChI=1S/C16H20BrN3O3S/c1-3-6-24(21,22)20-9-12-7-11(4-5-15(12)23-2)14-8-13(17)10-19-16(14)18/h4-5,7-8,10,20H,3,6,9H2,1-2H3,(H2,18,19). The molecule has 0 radical (unpaired) electrons. The minimum Gasteiger partial charge on any atom is -0.496 e. The number of nitrogen functional groups attached to an aromatic ring is 1. The molecule has 0 fully saturated rings. The zero-order chi connectivity index (χ0) is 17.7. The Balaban J connectivity index is 2.36. The van der Waals surface area contributed by atoms with E-state index in [0.717, 1.165) is 21.2 Å². The number of rotatable bonds is 7. The molecule has 8 heteroatoms. The number of nitrogens with two attached hydrogens (primary N) is 1. The molecule has 6 nitrogen and oxygen atoms in total. The number of halogens is 1. The molecule has 1 aromatic heterocycles. The summed E-state index contributed by atoms with van der Waals surface area (Å²) < 4.78 is 32.5. The summed E-state index contributed by atoms with van der Waals surface area (Å²) in [7, 11) is -1.75. The van der Waals surface area contributed by atoms with Gasteiger partial charge in [-0.2, -0.15) is 0 Å². The molecule has 1 aromatic carbocycles. The molecular weight excluding hydrogens is 394 g/mol. The maximum atomic E-state index is 11.9. The van der Waals surface area contributed by atoms with Crippen molar-refractivity contribution in [3.05, 3.63) is 40.5 Å². The number of anilines is 1. The predicted octanol–water partition coefficient (Wildman–Crippen LogP) is 2.93. The van der Waals surface area contributed by atoms with E-state index in [0.29, 0.717) is 18.0 Å². The summed E-state index contributed by atoms with van der Waals surface area (Å²) in [6.07, 6.45) is 2.19. The van der Waals surface area contributed by atoms with Crippen LogP contribution in [0.5, 0.6) is 5.75 Å². The molecular formula is C16H20BrN3O3S. The van der Waals surface area contributed by atoms with Crippen LogP contribution in [-0.2, 0) is 16.6 Å². The molecule has 2 rings (SSSR count). The first-order chi connectivity index (χ1) is 11.4. The lowest BCUT2D eigenvalue weighted by Gasteiger charge is -2.13. The average Bonchev–Trinajstić information content (AvgIpc) is 2.55. The van der Waals surface area contributed by atoms with E-state index in [2.05, 4.69) is 25.6 Å². The number of nitrogens with zero attached hydrogens (tertiary/aromatic N) is 1. The van der Waals surface area contributed by atoms with E-state index in [4.69, 9.17) is 10.5 Å². The third kappa shape index (κ3) is 4.68. The summed E-state index contributed by atoms with van der Waals surface area (Å²) in [4.78, 5) is 4.13. The first-order valence-corrected chi connectivity index (χ1v) is 9.86. The van der Waals surface area contributed by atoms with Crippen molar-refractivity contribution in [3.8, 4) is 16.9 Å². The Bertz CT molecular complexity index is 825. The predicted molar refractivity (Wildman–Crippen MR) is 99.3 cm³/mol. The van der Waals surface area contributed by atoms with Crippen molar-refractivity contribution in [3.63, 3.8) is 0 Å².